The first kappa shape index (κ1) is 13.3. The standard InChI is InChI=1S/C10H11ClF3NO/c1-5(15)9(16)7-3-2-6(11)4-8(7)10(12,13)14/h2-5,9,16H,15H2,1H3/t5-,9-/m0/s1. The van der Waals surface area contributed by atoms with Gasteiger partial charge in [0.15, 0.2) is 0 Å². The summed E-state index contributed by atoms with van der Waals surface area (Å²) in [6, 6.07) is 2.42. The molecule has 0 radical (unpaired) electrons. The molecule has 0 aliphatic carbocycles. The van der Waals surface area contributed by atoms with E-state index < -0.39 is 23.9 Å². The van der Waals surface area contributed by atoms with E-state index >= 15 is 0 Å². The highest BCUT2D eigenvalue weighted by Crippen LogP contribution is 2.36. The van der Waals surface area contributed by atoms with E-state index in [1.807, 2.05) is 0 Å². The Morgan fingerprint density at radius 1 is 1.38 bits per heavy atom. The Morgan fingerprint density at radius 2 is 1.94 bits per heavy atom. The van der Waals surface area contributed by atoms with Crippen LogP contribution >= 0.6 is 11.6 Å². The third kappa shape index (κ3) is 2.87. The summed E-state index contributed by atoms with van der Waals surface area (Å²) in [6.07, 6.45) is -5.93. The molecule has 0 unspecified atom stereocenters. The van der Waals surface area contributed by atoms with Gasteiger partial charge in [-0.1, -0.05) is 17.7 Å². The molecule has 6 heteroatoms. The van der Waals surface area contributed by atoms with E-state index in [4.69, 9.17) is 17.3 Å². The van der Waals surface area contributed by atoms with Crippen LogP contribution in [0.2, 0.25) is 5.02 Å². The predicted octanol–water partition coefficient (Wildman–Crippen LogP) is 2.74. The lowest BCUT2D eigenvalue weighted by Crippen LogP contribution is -2.26. The molecule has 2 atom stereocenters. The van der Waals surface area contributed by atoms with Crippen LogP contribution in [0.15, 0.2) is 18.2 Å². The van der Waals surface area contributed by atoms with Crippen molar-refractivity contribution in [1.29, 1.82) is 0 Å². The van der Waals surface area contributed by atoms with Crippen molar-refractivity contribution >= 4 is 11.6 Å². The fourth-order valence-corrected chi connectivity index (χ4v) is 1.49. The second-order valence-corrected chi connectivity index (χ2v) is 3.97. The fourth-order valence-electron chi connectivity index (χ4n) is 1.32. The number of benzene rings is 1. The summed E-state index contributed by atoms with van der Waals surface area (Å²) in [5.41, 5.74) is 4.16. The summed E-state index contributed by atoms with van der Waals surface area (Å²) >= 11 is 5.49. The number of aliphatic hydroxyl groups is 1. The maximum atomic E-state index is 12.6. The molecule has 0 aromatic heterocycles. The average molecular weight is 254 g/mol. The third-order valence-corrected chi connectivity index (χ3v) is 2.37. The zero-order valence-electron chi connectivity index (χ0n) is 8.42. The molecule has 0 amide bonds. The molecule has 0 saturated carbocycles. The van der Waals surface area contributed by atoms with Crippen molar-refractivity contribution in [2.75, 3.05) is 0 Å². The first-order valence-corrected chi connectivity index (χ1v) is 4.91. The molecule has 0 bridgehead atoms. The average Bonchev–Trinajstić information content (AvgIpc) is 2.15. The van der Waals surface area contributed by atoms with Gasteiger partial charge in [-0.25, -0.2) is 0 Å². The van der Waals surface area contributed by atoms with E-state index in [-0.39, 0.29) is 10.6 Å². The van der Waals surface area contributed by atoms with E-state index in [9.17, 15) is 18.3 Å². The van der Waals surface area contributed by atoms with Gasteiger partial charge in [-0.05, 0) is 24.6 Å². The highest BCUT2D eigenvalue weighted by atomic mass is 35.5. The summed E-state index contributed by atoms with van der Waals surface area (Å²) in [7, 11) is 0. The van der Waals surface area contributed by atoms with Crippen LogP contribution in [0.3, 0.4) is 0 Å². The van der Waals surface area contributed by atoms with Gasteiger partial charge in [-0.2, -0.15) is 13.2 Å². The SMILES string of the molecule is C[C@H](N)[C@H](O)c1ccc(Cl)cc1C(F)(F)F. The van der Waals surface area contributed by atoms with Crippen LogP contribution in [0, 0.1) is 0 Å². The molecule has 1 aromatic carbocycles. The Labute approximate surface area is 95.8 Å². The van der Waals surface area contributed by atoms with Crippen LogP contribution in [-0.4, -0.2) is 11.1 Å². The summed E-state index contributed by atoms with van der Waals surface area (Å²) in [5.74, 6) is 0. The second kappa shape index (κ2) is 4.61. The summed E-state index contributed by atoms with van der Waals surface area (Å²) in [5, 5.41) is 9.53. The summed E-state index contributed by atoms with van der Waals surface area (Å²) in [4.78, 5) is 0. The van der Waals surface area contributed by atoms with Gasteiger partial charge in [0.1, 0.15) is 0 Å². The molecule has 0 fully saturated rings. The van der Waals surface area contributed by atoms with Gasteiger partial charge < -0.3 is 10.8 Å². The first-order valence-electron chi connectivity index (χ1n) is 4.53. The number of alkyl halides is 3. The molecule has 0 aliphatic heterocycles. The highest BCUT2D eigenvalue weighted by Gasteiger charge is 2.35. The van der Waals surface area contributed by atoms with Gasteiger partial charge in [0.2, 0.25) is 0 Å². The molecular formula is C10H11ClF3NO. The molecule has 1 aromatic rings. The lowest BCUT2D eigenvalue weighted by Gasteiger charge is -2.20. The number of halogens is 4. The summed E-state index contributed by atoms with van der Waals surface area (Å²) in [6.45, 7) is 1.43. The van der Waals surface area contributed by atoms with Gasteiger partial charge in [-0.3, -0.25) is 0 Å². The first-order chi connectivity index (χ1) is 7.23. The Morgan fingerprint density at radius 3 is 2.38 bits per heavy atom. The minimum atomic E-state index is -4.56. The van der Waals surface area contributed by atoms with Crippen LogP contribution in [-0.2, 0) is 6.18 Å². The van der Waals surface area contributed by atoms with Crippen LogP contribution < -0.4 is 5.73 Å². The number of hydrogen-bond acceptors (Lipinski definition) is 2. The number of rotatable bonds is 2. The van der Waals surface area contributed by atoms with Crippen molar-refractivity contribution in [3.63, 3.8) is 0 Å². The lowest BCUT2D eigenvalue weighted by molar-refractivity contribution is -0.139. The Bertz CT molecular complexity index is 379. The molecular weight excluding hydrogens is 243 g/mol. The van der Waals surface area contributed by atoms with Crippen molar-refractivity contribution in [3.05, 3.63) is 34.3 Å². The van der Waals surface area contributed by atoms with Crippen molar-refractivity contribution in [3.8, 4) is 0 Å². The van der Waals surface area contributed by atoms with Gasteiger partial charge >= 0.3 is 6.18 Å². The smallest absolute Gasteiger partial charge is 0.387 e. The van der Waals surface area contributed by atoms with E-state index in [0.717, 1.165) is 12.1 Å². The number of nitrogens with two attached hydrogens (primary N) is 1. The molecule has 16 heavy (non-hydrogen) atoms. The zero-order chi connectivity index (χ0) is 12.5. The molecule has 0 saturated heterocycles. The third-order valence-electron chi connectivity index (χ3n) is 2.14. The van der Waals surface area contributed by atoms with Crippen molar-refractivity contribution in [2.24, 2.45) is 5.73 Å². The number of aliphatic hydroxyl groups excluding tert-OH is 1. The van der Waals surface area contributed by atoms with E-state index in [0.29, 0.717) is 0 Å². The van der Waals surface area contributed by atoms with Crippen LogP contribution in [0.5, 0.6) is 0 Å². The topological polar surface area (TPSA) is 46.2 Å². The molecule has 1 rings (SSSR count). The van der Waals surface area contributed by atoms with Crippen molar-refractivity contribution in [2.45, 2.75) is 25.2 Å². The maximum absolute atomic E-state index is 12.6. The van der Waals surface area contributed by atoms with Crippen molar-refractivity contribution < 1.29 is 18.3 Å². The van der Waals surface area contributed by atoms with Crippen LogP contribution in [0.4, 0.5) is 13.2 Å². The molecule has 90 valence electrons. The Hall–Kier alpha value is -0.780. The summed E-state index contributed by atoms with van der Waals surface area (Å²) < 4.78 is 37.9. The molecule has 2 nitrogen and oxygen atoms in total. The van der Waals surface area contributed by atoms with Crippen LogP contribution in [0.1, 0.15) is 24.2 Å². The van der Waals surface area contributed by atoms with Gasteiger partial charge in [-0.15, -0.1) is 0 Å². The van der Waals surface area contributed by atoms with Crippen LogP contribution in [0.25, 0.3) is 0 Å². The van der Waals surface area contributed by atoms with Gasteiger partial charge in [0, 0.05) is 11.1 Å². The molecule has 0 aliphatic rings. The minimum Gasteiger partial charge on any atom is -0.387 e. The van der Waals surface area contributed by atoms with E-state index in [2.05, 4.69) is 0 Å². The van der Waals surface area contributed by atoms with E-state index in [1.54, 1.807) is 0 Å². The minimum absolute atomic E-state index is 0.0343. The normalized spacial score (nSPS) is 15.9. The van der Waals surface area contributed by atoms with Crippen molar-refractivity contribution in [1.82, 2.24) is 0 Å². The monoisotopic (exact) mass is 253 g/mol. The quantitative estimate of drug-likeness (QED) is 0.851. The number of hydrogen-bond donors (Lipinski definition) is 2. The maximum Gasteiger partial charge on any atom is 0.416 e. The van der Waals surface area contributed by atoms with Gasteiger partial charge in [0.05, 0.1) is 11.7 Å². The van der Waals surface area contributed by atoms with Gasteiger partial charge in [0.25, 0.3) is 0 Å². The fraction of sp³-hybridized carbons (Fsp3) is 0.400. The van der Waals surface area contributed by atoms with E-state index in [1.165, 1.54) is 13.0 Å². The lowest BCUT2D eigenvalue weighted by atomic mass is 9.98. The Kier molecular flexibility index (Phi) is 3.83. The Balaban J connectivity index is 3.29. The molecule has 0 heterocycles. The highest BCUT2D eigenvalue weighted by molar-refractivity contribution is 6.30. The molecule has 0 spiro atoms. The second-order valence-electron chi connectivity index (χ2n) is 3.53. The largest absolute Gasteiger partial charge is 0.416 e. The molecule has 3 N–H and O–H groups in total. The predicted molar refractivity (Wildman–Crippen MR) is 55.1 cm³/mol. The zero-order valence-corrected chi connectivity index (χ0v) is 9.18.